The predicted molar refractivity (Wildman–Crippen MR) is 119 cm³/mol. The Bertz CT molecular complexity index is 1160. The minimum absolute atomic E-state index is 0.0278. The summed E-state index contributed by atoms with van der Waals surface area (Å²) in [5, 5.41) is 6.13. The van der Waals surface area contributed by atoms with Crippen molar-refractivity contribution in [3.63, 3.8) is 0 Å². The Labute approximate surface area is 173 Å². The van der Waals surface area contributed by atoms with Crippen molar-refractivity contribution in [3.05, 3.63) is 81.8 Å². The van der Waals surface area contributed by atoms with Crippen LogP contribution in [0.25, 0.3) is 16.3 Å². The standard InChI is InChI=1S/C25H22BrNO/c1-25(2)13-18-22-16-8-4-3-7-15(16)11-12-20(22)27-24(23(18)21(28)14-25)17-9-5-6-10-19(17)26/h3-12,24,27H,13-14H2,1-2H3. The minimum atomic E-state index is -0.122. The summed E-state index contributed by atoms with van der Waals surface area (Å²) in [4.78, 5) is 13.4. The van der Waals surface area contributed by atoms with Gasteiger partial charge >= 0.3 is 0 Å². The second-order valence-corrected chi connectivity index (χ2v) is 9.50. The molecule has 0 fully saturated rings. The smallest absolute Gasteiger partial charge is 0.162 e. The summed E-state index contributed by atoms with van der Waals surface area (Å²) < 4.78 is 1.03. The molecule has 140 valence electrons. The van der Waals surface area contributed by atoms with Gasteiger partial charge in [0.2, 0.25) is 0 Å². The molecule has 0 amide bonds. The molecule has 0 aromatic heterocycles. The van der Waals surface area contributed by atoms with E-state index in [-0.39, 0.29) is 17.2 Å². The Hall–Kier alpha value is -2.39. The van der Waals surface area contributed by atoms with Gasteiger partial charge in [-0.3, -0.25) is 4.79 Å². The lowest BCUT2D eigenvalue weighted by Gasteiger charge is -2.40. The number of nitrogens with one attached hydrogen (secondary N) is 1. The first-order valence-electron chi connectivity index (χ1n) is 9.74. The van der Waals surface area contributed by atoms with Crippen LogP contribution in [0.4, 0.5) is 5.69 Å². The van der Waals surface area contributed by atoms with Crippen LogP contribution >= 0.6 is 15.9 Å². The largest absolute Gasteiger partial charge is 0.373 e. The SMILES string of the molecule is CC1(C)CC(=O)C2=C(C1)c1c(ccc3ccccc13)NC2c1ccccc1Br. The molecule has 3 heteroatoms. The molecule has 0 bridgehead atoms. The number of anilines is 1. The van der Waals surface area contributed by atoms with E-state index < -0.39 is 0 Å². The molecule has 1 N–H and O–H groups in total. The van der Waals surface area contributed by atoms with Gasteiger partial charge in [0, 0.05) is 27.7 Å². The van der Waals surface area contributed by atoms with E-state index in [1.54, 1.807) is 0 Å². The van der Waals surface area contributed by atoms with Crippen LogP contribution in [0, 0.1) is 5.41 Å². The summed E-state index contributed by atoms with van der Waals surface area (Å²) in [5.74, 6) is 0.262. The third-order valence-corrected chi connectivity index (χ3v) is 6.68. The first-order valence-corrected chi connectivity index (χ1v) is 10.5. The number of halogens is 1. The molecule has 1 unspecified atom stereocenters. The lowest BCUT2D eigenvalue weighted by Crippen LogP contribution is -2.33. The van der Waals surface area contributed by atoms with Gasteiger partial charge in [-0.2, -0.15) is 0 Å². The third-order valence-electron chi connectivity index (χ3n) is 5.96. The molecule has 3 aromatic rings. The zero-order valence-corrected chi connectivity index (χ0v) is 17.6. The Morgan fingerprint density at radius 1 is 0.964 bits per heavy atom. The maximum Gasteiger partial charge on any atom is 0.162 e. The molecule has 1 aliphatic heterocycles. The number of Topliss-reactive ketones (excluding diaryl/α,β-unsaturated/α-hetero) is 1. The van der Waals surface area contributed by atoms with Crippen molar-refractivity contribution >= 4 is 43.7 Å². The topological polar surface area (TPSA) is 29.1 Å². The molecule has 1 atom stereocenters. The highest BCUT2D eigenvalue weighted by molar-refractivity contribution is 9.10. The fourth-order valence-electron chi connectivity index (χ4n) is 4.78. The highest BCUT2D eigenvalue weighted by Crippen LogP contribution is 2.52. The normalized spacial score (nSPS) is 20.5. The zero-order chi connectivity index (χ0) is 19.5. The number of hydrogen-bond acceptors (Lipinski definition) is 2. The van der Waals surface area contributed by atoms with Crippen molar-refractivity contribution in [1.82, 2.24) is 0 Å². The predicted octanol–water partition coefficient (Wildman–Crippen LogP) is 6.91. The summed E-state index contributed by atoms with van der Waals surface area (Å²) in [7, 11) is 0. The highest BCUT2D eigenvalue weighted by Gasteiger charge is 2.41. The fourth-order valence-corrected chi connectivity index (χ4v) is 5.29. The van der Waals surface area contributed by atoms with Crippen LogP contribution < -0.4 is 5.32 Å². The fraction of sp³-hybridized carbons (Fsp3) is 0.240. The number of allylic oxidation sites excluding steroid dienone is 1. The molecule has 1 aliphatic carbocycles. The molecule has 2 nitrogen and oxygen atoms in total. The summed E-state index contributed by atoms with van der Waals surface area (Å²) >= 11 is 3.70. The van der Waals surface area contributed by atoms with E-state index in [2.05, 4.69) is 77.6 Å². The van der Waals surface area contributed by atoms with E-state index >= 15 is 0 Å². The second-order valence-electron chi connectivity index (χ2n) is 8.64. The van der Waals surface area contributed by atoms with Crippen LogP contribution in [0.15, 0.2) is 70.7 Å². The van der Waals surface area contributed by atoms with Crippen molar-refractivity contribution in [1.29, 1.82) is 0 Å². The van der Waals surface area contributed by atoms with Crippen molar-refractivity contribution in [2.75, 3.05) is 5.32 Å². The Morgan fingerprint density at radius 2 is 1.71 bits per heavy atom. The van der Waals surface area contributed by atoms with Gasteiger partial charge in [-0.1, -0.05) is 78.3 Å². The summed E-state index contributed by atoms with van der Waals surface area (Å²) in [6.45, 7) is 4.41. The molecular weight excluding hydrogens is 410 g/mol. The molecule has 1 heterocycles. The van der Waals surface area contributed by atoms with Gasteiger partial charge in [0.15, 0.2) is 5.78 Å². The van der Waals surface area contributed by atoms with Gasteiger partial charge < -0.3 is 5.32 Å². The van der Waals surface area contributed by atoms with Crippen LogP contribution in [0.2, 0.25) is 0 Å². The molecule has 3 aromatic carbocycles. The van der Waals surface area contributed by atoms with E-state index in [1.165, 1.54) is 21.9 Å². The molecular formula is C25H22BrNO. The quantitative estimate of drug-likeness (QED) is 0.453. The number of hydrogen-bond donors (Lipinski definition) is 1. The summed E-state index contributed by atoms with van der Waals surface area (Å²) in [6, 6.07) is 20.9. The molecule has 2 aliphatic rings. The molecule has 5 rings (SSSR count). The van der Waals surface area contributed by atoms with Crippen LogP contribution in [-0.4, -0.2) is 5.78 Å². The van der Waals surface area contributed by atoms with E-state index in [1.807, 2.05) is 18.2 Å². The first kappa shape index (κ1) is 17.7. The van der Waals surface area contributed by atoms with Crippen molar-refractivity contribution in [2.45, 2.75) is 32.7 Å². The van der Waals surface area contributed by atoms with E-state index in [0.717, 1.165) is 27.7 Å². The third kappa shape index (κ3) is 2.72. The van der Waals surface area contributed by atoms with E-state index in [9.17, 15) is 4.79 Å². The molecule has 0 radical (unpaired) electrons. The number of carbonyl (C=O) groups is 1. The van der Waals surface area contributed by atoms with Gasteiger partial charge in [0.25, 0.3) is 0 Å². The monoisotopic (exact) mass is 431 g/mol. The van der Waals surface area contributed by atoms with Crippen LogP contribution in [-0.2, 0) is 4.79 Å². The van der Waals surface area contributed by atoms with Gasteiger partial charge in [0.1, 0.15) is 0 Å². The minimum Gasteiger partial charge on any atom is -0.373 e. The van der Waals surface area contributed by atoms with Crippen molar-refractivity contribution in [2.24, 2.45) is 5.41 Å². The maximum absolute atomic E-state index is 13.4. The Kier molecular flexibility index (Phi) is 3.99. The average molecular weight is 432 g/mol. The average Bonchev–Trinajstić information content (AvgIpc) is 2.66. The van der Waals surface area contributed by atoms with Crippen molar-refractivity contribution < 1.29 is 4.79 Å². The second kappa shape index (κ2) is 6.31. The highest BCUT2D eigenvalue weighted by atomic mass is 79.9. The number of rotatable bonds is 1. The summed E-state index contributed by atoms with van der Waals surface area (Å²) in [6.07, 6.45) is 1.51. The summed E-state index contributed by atoms with van der Waals surface area (Å²) in [5.41, 5.74) is 5.56. The zero-order valence-electron chi connectivity index (χ0n) is 16.1. The van der Waals surface area contributed by atoms with Gasteiger partial charge in [-0.25, -0.2) is 0 Å². The molecule has 0 saturated carbocycles. The lowest BCUT2D eigenvalue weighted by molar-refractivity contribution is -0.118. The van der Waals surface area contributed by atoms with Crippen molar-refractivity contribution in [3.8, 4) is 0 Å². The molecule has 28 heavy (non-hydrogen) atoms. The van der Waals surface area contributed by atoms with Crippen LogP contribution in [0.5, 0.6) is 0 Å². The Morgan fingerprint density at radius 3 is 2.54 bits per heavy atom. The number of carbonyl (C=O) groups excluding carboxylic acids is 1. The van der Waals surface area contributed by atoms with Crippen LogP contribution in [0.3, 0.4) is 0 Å². The van der Waals surface area contributed by atoms with Gasteiger partial charge in [-0.15, -0.1) is 0 Å². The molecule has 0 spiro atoms. The van der Waals surface area contributed by atoms with Crippen LogP contribution in [0.1, 0.15) is 43.9 Å². The van der Waals surface area contributed by atoms with Gasteiger partial charge in [0.05, 0.1) is 6.04 Å². The Balaban J connectivity index is 1.83. The van der Waals surface area contributed by atoms with E-state index in [4.69, 9.17) is 0 Å². The molecule has 0 saturated heterocycles. The van der Waals surface area contributed by atoms with E-state index in [0.29, 0.717) is 6.42 Å². The maximum atomic E-state index is 13.4. The van der Waals surface area contributed by atoms with Gasteiger partial charge in [-0.05, 0) is 45.9 Å². The first-order chi connectivity index (χ1) is 13.4. The number of benzene rings is 3. The lowest BCUT2D eigenvalue weighted by atomic mass is 9.68. The number of fused-ring (bicyclic) bond motifs is 4. The number of ketones is 1.